The normalized spacial score (nSPS) is 12.3. The number of hydrogen-bond acceptors (Lipinski definition) is 4. The summed E-state index contributed by atoms with van der Waals surface area (Å²) in [5, 5.41) is 0.683. The lowest BCUT2D eigenvalue weighted by molar-refractivity contribution is 0.409. The SMILES string of the molecule is COc1c([C@H](C)c2nc(Br)c3cnccn23)cc(Cl)c(C)c1-c1cccnc1. The summed E-state index contributed by atoms with van der Waals surface area (Å²) in [4.78, 5) is 13.2. The van der Waals surface area contributed by atoms with Crippen LogP contribution in [-0.4, -0.2) is 26.5 Å². The van der Waals surface area contributed by atoms with Gasteiger partial charge in [-0.25, -0.2) is 4.98 Å². The Morgan fingerprint density at radius 3 is 2.71 bits per heavy atom. The Bertz CT molecular complexity index is 1160. The standard InChI is InChI=1S/C21H18BrClN4O/c1-12(21-26-20(22)17-11-25-7-8-27(17)21)15-9-16(23)13(2)18(19(15)28-3)14-5-4-6-24-10-14/h4-12H,1-3H3/t12-/m0/s1. The monoisotopic (exact) mass is 456 g/mol. The molecule has 1 atom stereocenters. The van der Waals surface area contributed by atoms with E-state index in [0.717, 1.165) is 43.9 Å². The quantitative estimate of drug-likeness (QED) is 0.396. The van der Waals surface area contributed by atoms with Crippen LogP contribution in [0.2, 0.25) is 5.02 Å². The van der Waals surface area contributed by atoms with Crippen molar-refractivity contribution in [1.82, 2.24) is 19.4 Å². The van der Waals surface area contributed by atoms with Gasteiger partial charge in [0, 0.05) is 52.4 Å². The number of pyridine rings is 1. The van der Waals surface area contributed by atoms with E-state index in [1.54, 1.807) is 25.7 Å². The van der Waals surface area contributed by atoms with E-state index in [-0.39, 0.29) is 5.92 Å². The molecule has 1 aromatic carbocycles. The van der Waals surface area contributed by atoms with Gasteiger partial charge in [0.1, 0.15) is 16.2 Å². The number of nitrogens with zero attached hydrogens (tertiary/aromatic N) is 4. The summed E-state index contributed by atoms with van der Waals surface area (Å²) < 4.78 is 8.66. The molecule has 0 saturated heterocycles. The van der Waals surface area contributed by atoms with Gasteiger partial charge >= 0.3 is 0 Å². The number of halogens is 2. The highest BCUT2D eigenvalue weighted by atomic mass is 79.9. The van der Waals surface area contributed by atoms with E-state index in [4.69, 9.17) is 21.3 Å². The molecular weight excluding hydrogens is 440 g/mol. The van der Waals surface area contributed by atoms with Gasteiger partial charge in [-0.3, -0.25) is 14.4 Å². The minimum absolute atomic E-state index is 0.0651. The molecule has 0 aliphatic rings. The second kappa shape index (κ2) is 7.53. The zero-order chi connectivity index (χ0) is 19.8. The largest absolute Gasteiger partial charge is 0.496 e. The molecule has 3 heterocycles. The van der Waals surface area contributed by atoms with Crippen molar-refractivity contribution in [3.8, 4) is 16.9 Å². The van der Waals surface area contributed by atoms with E-state index in [0.29, 0.717) is 5.02 Å². The summed E-state index contributed by atoms with van der Waals surface area (Å²) in [6.07, 6.45) is 9.01. The van der Waals surface area contributed by atoms with E-state index < -0.39 is 0 Å². The third-order valence-corrected chi connectivity index (χ3v) is 5.92. The van der Waals surface area contributed by atoms with Crippen LogP contribution >= 0.6 is 27.5 Å². The Morgan fingerprint density at radius 1 is 1.21 bits per heavy atom. The van der Waals surface area contributed by atoms with Crippen molar-refractivity contribution in [1.29, 1.82) is 0 Å². The molecule has 0 aliphatic carbocycles. The number of methoxy groups -OCH3 is 1. The fourth-order valence-corrected chi connectivity index (χ4v) is 4.20. The van der Waals surface area contributed by atoms with Crippen molar-refractivity contribution in [2.75, 3.05) is 7.11 Å². The summed E-state index contributed by atoms with van der Waals surface area (Å²) >= 11 is 10.2. The summed E-state index contributed by atoms with van der Waals surface area (Å²) in [5.74, 6) is 1.59. The van der Waals surface area contributed by atoms with Gasteiger partial charge in [0.25, 0.3) is 0 Å². The van der Waals surface area contributed by atoms with Crippen LogP contribution in [0.5, 0.6) is 5.75 Å². The fraction of sp³-hybridized carbons (Fsp3) is 0.190. The molecule has 4 aromatic rings. The molecule has 0 amide bonds. The van der Waals surface area contributed by atoms with Crippen molar-refractivity contribution < 1.29 is 4.74 Å². The van der Waals surface area contributed by atoms with Gasteiger partial charge in [-0.2, -0.15) is 0 Å². The first kappa shape index (κ1) is 18.9. The number of fused-ring (bicyclic) bond motifs is 1. The van der Waals surface area contributed by atoms with Crippen LogP contribution in [0, 0.1) is 6.92 Å². The molecule has 0 unspecified atom stereocenters. The second-order valence-corrected chi connectivity index (χ2v) is 7.69. The highest BCUT2D eigenvalue weighted by molar-refractivity contribution is 9.10. The number of imidazole rings is 1. The second-order valence-electron chi connectivity index (χ2n) is 6.54. The molecule has 4 rings (SSSR count). The highest BCUT2D eigenvalue weighted by Gasteiger charge is 2.25. The molecule has 0 radical (unpaired) electrons. The minimum Gasteiger partial charge on any atom is -0.496 e. The molecule has 28 heavy (non-hydrogen) atoms. The van der Waals surface area contributed by atoms with Crippen molar-refractivity contribution in [2.24, 2.45) is 0 Å². The number of benzene rings is 1. The first-order valence-corrected chi connectivity index (χ1v) is 9.94. The van der Waals surface area contributed by atoms with E-state index in [1.807, 2.05) is 41.9 Å². The molecule has 3 aromatic heterocycles. The number of hydrogen-bond donors (Lipinski definition) is 0. The topological polar surface area (TPSA) is 52.3 Å². The average Bonchev–Trinajstić information content (AvgIpc) is 3.06. The predicted molar refractivity (Wildman–Crippen MR) is 114 cm³/mol. The maximum atomic E-state index is 6.63. The zero-order valence-corrected chi connectivity index (χ0v) is 18.0. The molecule has 0 N–H and O–H groups in total. The van der Waals surface area contributed by atoms with Gasteiger partial charge in [0.05, 0.1) is 18.8 Å². The van der Waals surface area contributed by atoms with Crippen LogP contribution in [0.3, 0.4) is 0 Å². The Balaban J connectivity index is 1.96. The number of ether oxygens (including phenoxy) is 1. The lowest BCUT2D eigenvalue weighted by Crippen LogP contribution is -2.06. The van der Waals surface area contributed by atoms with Gasteiger partial charge < -0.3 is 4.74 Å². The first-order chi connectivity index (χ1) is 13.5. The molecule has 0 bridgehead atoms. The smallest absolute Gasteiger partial charge is 0.133 e. The van der Waals surface area contributed by atoms with Crippen LogP contribution in [0.15, 0.2) is 53.8 Å². The van der Waals surface area contributed by atoms with Gasteiger partial charge in [0.2, 0.25) is 0 Å². The predicted octanol–water partition coefficient (Wildman–Crippen LogP) is 5.68. The molecular formula is C21H18BrClN4O. The molecule has 0 saturated carbocycles. The maximum Gasteiger partial charge on any atom is 0.133 e. The fourth-order valence-electron chi connectivity index (χ4n) is 3.51. The van der Waals surface area contributed by atoms with Crippen molar-refractivity contribution in [2.45, 2.75) is 19.8 Å². The lowest BCUT2D eigenvalue weighted by atomic mass is 9.91. The third kappa shape index (κ3) is 3.06. The Morgan fingerprint density at radius 2 is 2.00 bits per heavy atom. The summed E-state index contributed by atoms with van der Waals surface area (Å²) in [6.45, 7) is 4.09. The summed E-state index contributed by atoms with van der Waals surface area (Å²) in [5.41, 5.74) is 4.75. The van der Waals surface area contributed by atoms with Crippen molar-refractivity contribution in [3.63, 3.8) is 0 Å². The van der Waals surface area contributed by atoms with Gasteiger partial charge in [-0.05, 0) is 40.5 Å². The number of aromatic nitrogens is 4. The number of rotatable bonds is 4. The van der Waals surface area contributed by atoms with Crippen LogP contribution < -0.4 is 4.74 Å². The molecule has 7 heteroatoms. The van der Waals surface area contributed by atoms with E-state index >= 15 is 0 Å². The highest BCUT2D eigenvalue weighted by Crippen LogP contribution is 2.44. The van der Waals surface area contributed by atoms with Gasteiger partial charge in [0.15, 0.2) is 0 Å². The lowest BCUT2D eigenvalue weighted by Gasteiger charge is -2.21. The van der Waals surface area contributed by atoms with Crippen LogP contribution in [0.1, 0.15) is 29.8 Å². The maximum absolute atomic E-state index is 6.63. The zero-order valence-electron chi connectivity index (χ0n) is 15.6. The molecule has 0 aliphatic heterocycles. The minimum atomic E-state index is -0.0651. The Labute approximate surface area is 176 Å². The van der Waals surface area contributed by atoms with Crippen LogP contribution in [0.4, 0.5) is 0 Å². The van der Waals surface area contributed by atoms with Gasteiger partial charge in [-0.15, -0.1) is 0 Å². The summed E-state index contributed by atoms with van der Waals surface area (Å²) in [7, 11) is 1.68. The first-order valence-electron chi connectivity index (χ1n) is 8.77. The van der Waals surface area contributed by atoms with Crippen LogP contribution in [0.25, 0.3) is 16.6 Å². The Hall–Kier alpha value is -2.44. The van der Waals surface area contributed by atoms with Crippen LogP contribution in [-0.2, 0) is 0 Å². The van der Waals surface area contributed by atoms with E-state index in [1.165, 1.54) is 0 Å². The molecule has 142 valence electrons. The van der Waals surface area contributed by atoms with Crippen molar-refractivity contribution >= 4 is 33.0 Å². The van der Waals surface area contributed by atoms with Gasteiger partial charge in [-0.1, -0.05) is 24.6 Å². The average molecular weight is 458 g/mol. The third-order valence-electron chi connectivity index (χ3n) is 4.94. The molecule has 0 spiro atoms. The molecule has 5 nitrogen and oxygen atoms in total. The summed E-state index contributed by atoms with van der Waals surface area (Å²) in [6, 6.07) is 5.89. The van der Waals surface area contributed by atoms with E-state index in [9.17, 15) is 0 Å². The Kier molecular flexibility index (Phi) is 5.08. The molecule has 0 fully saturated rings. The van der Waals surface area contributed by atoms with E-state index in [2.05, 4.69) is 32.8 Å². The van der Waals surface area contributed by atoms with Crippen molar-refractivity contribution in [3.05, 3.63) is 75.8 Å².